The van der Waals surface area contributed by atoms with Gasteiger partial charge >= 0.3 is 0 Å². The Balaban J connectivity index is 1.58. The summed E-state index contributed by atoms with van der Waals surface area (Å²) in [4.78, 5) is 27.3. The molecule has 0 radical (unpaired) electrons. The molecule has 5 heteroatoms. The minimum atomic E-state index is -0.319. The van der Waals surface area contributed by atoms with Gasteiger partial charge in [-0.2, -0.15) is 0 Å². The number of carbonyl (C=O) groups is 2. The summed E-state index contributed by atoms with van der Waals surface area (Å²) in [6, 6.07) is 8.37. The molecule has 3 rings (SSSR count). The summed E-state index contributed by atoms with van der Waals surface area (Å²) < 4.78 is 0. The number of aromatic nitrogens is 1. The van der Waals surface area contributed by atoms with Gasteiger partial charge in [-0.1, -0.05) is 25.0 Å². The highest BCUT2D eigenvalue weighted by molar-refractivity contribution is 6.09. The topological polar surface area (TPSA) is 82.2 Å². The van der Waals surface area contributed by atoms with Gasteiger partial charge in [0.1, 0.15) is 0 Å². The van der Waals surface area contributed by atoms with Crippen LogP contribution in [0.2, 0.25) is 0 Å². The van der Waals surface area contributed by atoms with Gasteiger partial charge in [-0.15, -0.1) is 0 Å². The number of ketones is 1. The molecule has 5 nitrogen and oxygen atoms in total. The molecule has 1 aliphatic carbocycles. The van der Waals surface area contributed by atoms with Gasteiger partial charge in [-0.3, -0.25) is 9.59 Å². The first-order valence-electron chi connectivity index (χ1n) is 8.39. The second-order valence-electron chi connectivity index (χ2n) is 6.33. The van der Waals surface area contributed by atoms with Crippen molar-refractivity contribution in [3.8, 4) is 0 Å². The van der Waals surface area contributed by atoms with E-state index in [0.29, 0.717) is 23.2 Å². The molecule has 1 aromatic heterocycles. The number of hydrogen-bond donors (Lipinski definition) is 3. The Morgan fingerprint density at radius 1 is 1.04 bits per heavy atom. The number of aromatic amines is 1. The van der Waals surface area contributed by atoms with E-state index in [0.717, 1.165) is 25.7 Å². The van der Waals surface area contributed by atoms with Crippen molar-refractivity contribution in [1.82, 2.24) is 10.3 Å². The Hall–Kier alpha value is -2.40. The predicted molar refractivity (Wildman–Crippen MR) is 91.0 cm³/mol. The van der Waals surface area contributed by atoms with E-state index in [1.807, 2.05) is 0 Å². The first-order valence-corrected chi connectivity index (χ1v) is 8.39. The van der Waals surface area contributed by atoms with E-state index >= 15 is 0 Å². The number of carbonyl (C=O) groups excluding carboxylic acids is 2. The van der Waals surface area contributed by atoms with Crippen LogP contribution in [0.3, 0.4) is 0 Å². The van der Waals surface area contributed by atoms with Crippen LogP contribution in [0.4, 0.5) is 0 Å². The normalized spacial score (nSPS) is 20.5. The molecule has 2 aromatic rings. The van der Waals surface area contributed by atoms with Crippen molar-refractivity contribution in [2.24, 2.45) is 5.92 Å². The summed E-state index contributed by atoms with van der Waals surface area (Å²) in [6.07, 6.45) is 6.96. The third-order valence-electron chi connectivity index (χ3n) is 4.66. The molecule has 1 aromatic carbocycles. The number of amides is 1. The monoisotopic (exact) mass is 326 g/mol. The van der Waals surface area contributed by atoms with E-state index in [1.165, 1.54) is 0 Å². The molecule has 0 spiro atoms. The van der Waals surface area contributed by atoms with Crippen LogP contribution in [-0.2, 0) is 0 Å². The van der Waals surface area contributed by atoms with Crippen molar-refractivity contribution >= 4 is 11.7 Å². The lowest BCUT2D eigenvalue weighted by atomic mass is 9.86. The molecule has 0 saturated heterocycles. The summed E-state index contributed by atoms with van der Waals surface area (Å²) in [6.45, 7) is 0.490. The zero-order valence-corrected chi connectivity index (χ0v) is 13.5. The highest BCUT2D eigenvalue weighted by Gasteiger charge is 2.23. The fourth-order valence-electron chi connectivity index (χ4n) is 3.16. The number of nitrogens with one attached hydrogen (secondary N) is 2. The van der Waals surface area contributed by atoms with Gasteiger partial charge in [-0.25, -0.2) is 0 Å². The molecule has 0 bridgehead atoms. The van der Waals surface area contributed by atoms with Gasteiger partial charge in [0, 0.05) is 41.5 Å². The van der Waals surface area contributed by atoms with E-state index in [-0.39, 0.29) is 23.7 Å². The van der Waals surface area contributed by atoms with Gasteiger partial charge in [0.2, 0.25) is 0 Å². The maximum atomic E-state index is 12.2. The standard InChI is InChI=1S/C19H22N2O3/c22-17-4-2-1-3-15(17)12-21-19(24)14-7-5-13(6-8-14)18(23)16-9-10-20-11-16/h5-11,15,17,20,22H,1-4,12H2,(H,21,24)/t15-,17-/m0/s1. The summed E-state index contributed by atoms with van der Waals surface area (Å²) >= 11 is 0. The molecule has 1 aliphatic rings. The highest BCUT2D eigenvalue weighted by atomic mass is 16.3. The number of hydrogen-bond acceptors (Lipinski definition) is 3. The minimum absolute atomic E-state index is 0.0754. The minimum Gasteiger partial charge on any atom is -0.393 e. The first kappa shape index (κ1) is 16.5. The zero-order valence-electron chi connectivity index (χ0n) is 13.5. The molecule has 1 saturated carbocycles. The highest BCUT2D eigenvalue weighted by Crippen LogP contribution is 2.23. The van der Waals surface area contributed by atoms with E-state index in [9.17, 15) is 14.7 Å². The average molecular weight is 326 g/mol. The van der Waals surface area contributed by atoms with Crippen LogP contribution in [0.1, 0.15) is 52.0 Å². The SMILES string of the molecule is O=C(NC[C@@H]1CCCC[C@@H]1O)c1ccc(C(=O)c2cc[nH]c2)cc1. The molecular weight excluding hydrogens is 304 g/mol. The molecule has 24 heavy (non-hydrogen) atoms. The molecule has 126 valence electrons. The Kier molecular flexibility index (Phi) is 5.11. The Labute approximate surface area is 141 Å². The number of aliphatic hydroxyl groups is 1. The lowest BCUT2D eigenvalue weighted by molar-refractivity contribution is 0.0662. The van der Waals surface area contributed by atoms with E-state index in [4.69, 9.17) is 0 Å². The van der Waals surface area contributed by atoms with Gasteiger partial charge in [0.05, 0.1) is 6.10 Å². The van der Waals surface area contributed by atoms with Crippen LogP contribution in [0.25, 0.3) is 0 Å². The largest absolute Gasteiger partial charge is 0.393 e. The average Bonchev–Trinajstić information content (AvgIpc) is 3.15. The quantitative estimate of drug-likeness (QED) is 0.738. The van der Waals surface area contributed by atoms with Crippen molar-refractivity contribution < 1.29 is 14.7 Å². The summed E-state index contributed by atoms with van der Waals surface area (Å²) in [5.41, 5.74) is 1.67. The summed E-state index contributed by atoms with van der Waals surface area (Å²) in [5.74, 6) is -0.112. The second-order valence-corrected chi connectivity index (χ2v) is 6.33. The van der Waals surface area contributed by atoms with E-state index < -0.39 is 0 Å². The van der Waals surface area contributed by atoms with Gasteiger partial charge < -0.3 is 15.4 Å². The number of rotatable bonds is 5. The van der Waals surface area contributed by atoms with Crippen molar-refractivity contribution in [2.45, 2.75) is 31.8 Å². The van der Waals surface area contributed by atoms with Crippen LogP contribution in [0, 0.1) is 5.92 Å². The summed E-state index contributed by atoms with van der Waals surface area (Å²) in [5, 5.41) is 12.8. The molecule has 0 unspecified atom stereocenters. The van der Waals surface area contributed by atoms with Crippen LogP contribution >= 0.6 is 0 Å². The third-order valence-corrected chi connectivity index (χ3v) is 4.66. The van der Waals surface area contributed by atoms with Crippen LogP contribution in [0.5, 0.6) is 0 Å². The Bertz CT molecular complexity index is 692. The molecule has 0 aliphatic heterocycles. The Morgan fingerprint density at radius 3 is 2.42 bits per heavy atom. The molecular formula is C19H22N2O3. The third kappa shape index (κ3) is 3.74. The van der Waals surface area contributed by atoms with Gasteiger partial charge in [0.15, 0.2) is 5.78 Å². The fraction of sp³-hybridized carbons (Fsp3) is 0.368. The zero-order chi connectivity index (χ0) is 16.9. The fourth-order valence-corrected chi connectivity index (χ4v) is 3.16. The molecule has 1 amide bonds. The van der Waals surface area contributed by atoms with Crippen molar-refractivity contribution in [1.29, 1.82) is 0 Å². The van der Waals surface area contributed by atoms with E-state index in [2.05, 4.69) is 10.3 Å². The van der Waals surface area contributed by atoms with Gasteiger partial charge in [-0.05, 0) is 31.0 Å². The van der Waals surface area contributed by atoms with Crippen molar-refractivity contribution in [3.05, 3.63) is 59.4 Å². The Morgan fingerprint density at radius 2 is 1.75 bits per heavy atom. The second kappa shape index (κ2) is 7.45. The predicted octanol–water partition coefficient (Wildman–Crippen LogP) is 2.53. The maximum absolute atomic E-state index is 12.2. The number of aliphatic hydroxyl groups excluding tert-OH is 1. The molecule has 3 N–H and O–H groups in total. The smallest absolute Gasteiger partial charge is 0.251 e. The van der Waals surface area contributed by atoms with Crippen molar-refractivity contribution in [3.63, 3.8) is 0 Å². The molecule has 1 fully saturated rings. The summed E-state index contributed by atoms with van der Waals surface area (Å²) in [7, 11) is 0. The number of benzene rings is 1. The molecule has 2 atom stereocenters. The number of H-pyrrole nitrogens is 1. The van der Waals surface area contributed by atoms with Crippen LogP contribution in [0.15, 0.2) is 42.7 Å². The molecule has 1 heterocycles. The lowest BCUT2D eigenvalue weighted by Crippen LogP contribution is -2.36. The van der Waals surface area contributed by atoms with Gasteiger partial charge in [0.25, 0.3) is 5.91 Å². The van der Waals surface area contributed by atoms with E-state index in [1.54, 1.807) is 42.7 Å². The van der Waals surface area contributed by atoms with Crippen LogP contribution in [-0.4, -0.2) is 34.4 Å². The first-order chi connectivity index (χ1) is 11.6. The van der Waals surface area contributed by atoms with Crippen LogP contribution < -0.4 is 5.32 Å². The lowest BCUT2D eigenvalue weighted by Gasteiger charge is -2.27. The van der Waals surface area contributed by atoms with Crippen molar-refractivity contribution in [2.75, 3.05) is 6.54 Å². The maximum Gasteiger partial charge on any atom is 0.251 e.